The molecular formula is C23H23N3O5. The summed E-state index contributed by atoms with van der Waals surface area (Å²) in [5, 5.41) is 29.5. The van der Waals surface area contributed by atoms with Crippen LogP contribution in [0.4, 0.5) is 5.69 Å². The SMILES string of the molecule is CC(=O)Nc1ccc2c(c1)C(c1ccc(=O)n(-c3ccccc3)n1)C(O)(O)C(C)(C)O2. The molecule has 0 saturated carbocycles. The summed E-state index contributed by atoms with van der Waals surface area (Å²) in [6, 6.07) is 16.6. The second-order valence-electron chi connectivity index (χ2n) is 8.05. The summed E-state index contributed by atoms with van der Waals surface area (Å²) < 4.78 is 7.09. The molecular weight excluding hydrogens is 398 g/mol. The van der Waals surface area contributed by atoms with Gasteiger partial charge in [-0.05, 0) is 50.2 Å². The number of nitrogens with zero attached hydrogens (tertiary/aromatic N) is 2. The van der Waals surface area contributed by atoms with Gasteiger partial charge in [0.2, 0.25) is 11.7 Å². The lowest BCUT2D eigenvalue weighted by atomic mass is 9.76. The first-order chi connectivity index (χ1) is 14.6. The van der Waals surface area contributed by atoms with Gasteiger partial charge in [-0.25, -0.2) is 0 Å². The smallest absolute Gasteiger partial charge is 0.271 e. The van der Waals surface area contributed by atoms with Crippen molar-refractivity contribution in [2.24, 2.45) is 0 Å². The second kappa shape index (κ2) is 7.33. The third kappa shape index (κ3) is 3.60. The highest BCUT2D eigenvalue weighted by Crippen LogP contribution is 2.49. The van der Waals surface area contributed by atoms with Crippen LogP contribution in [-0.2, 0) is 4.79 Å². The van der Waals surface area contributed by atoms with Crippen LogP contribution in [-0.4, -0.2) is 37.3 Å². The van der Waals surface area contributed by atoms with Crippen LogP contribution < -0.4 is 15.6 Å². The number of aliphatic hydroxyl groups is 2. The molecule has 0 spiro atoms. The van der Waals surface area contributed by atoms with E-state index in [4.69, 9.17) is 4.74 Å². The summed E-state index contributed by atoms with van der Waals surface area (Å²) in [5.41, 5.74) is -0.00118. The van der Waals surface area contributed by atoms with E-state index in [1.165, 1.54) is 23.7 Å². The minimum atomic E-state index is -2.36. The molecule has 0 aliphatic carbocycles. The Morgan fingerprint density at radius 1 is 1.10 bits per heavy atom. The molecule has 160 valence electrons. The third-order valence-electron chi connectivity index (χ3n) is 5.41. The van der Waals surface area contributed by atoms with E-state index in [1.54, 1.807) is 56.3 Å². The van der Waals surface area contributed by atoms with Gasteiger partial charge in [-0.3, -0.25) is 9.59 Å². The molecule has 2 heterocycles. The first-order valence-corrected chi connectivity index (χ1v) is 9.81. The molecule has 2 aromatic carbocycles. The van der Waals surface area contributed by atoms with Gasteiger partial charge in [0, 0.05) is 24.2 Å². The fourth-order valence-corrected chi connectivity index (χ4v) is 3.76. The Kier molecular flexibility index (Phi) is 4.91. The predicted molar refractivity (Wildman–Crippen MR) is 114 cm³/mol. The lowest BCUT2D eigenvalue weighted by Gasteiger charge is -2.47. The maximum atomic E-state index is 12.5. The fourth-order valence-electron chi connectivity index (χ4n) is 3.76. The van der Waals surface area contributed by atoms with Crippen molar-refractivity contribution in [2.45, 2.75) is 38.1 Å². The fraction of sp³-hybridized carbons (Fsp3) is 0.261. The van der Waals surface area contributed by atoms with Gasteiger partial charge in [-0.15, -0.1) is 0 Å². The van der Waals surface area contributed by atoms with Gasteiger partial charge < -0.3 is 20.3 Å². The third-order valence-corrected chi connectivity index (χ3v) is 5.41. The van der Waals surface area contributed by atoms with Crippen molar-refractivity contribution < 1.29 is 19.7 Å². The van der Waals surface area contributed by atoms with Gasteiger partial charge in [-0.1, -0.05) is 18.2 Å². The molecule has 0 saturated heterocycles. The van der Waals surface area contributed by atoms with Gasteiger partial charge >= 0.3 is 0 Å². The molecule has 0 fully saturated rings. The number of fused-ring (bicyclic) bond motifs is 1. The van der Waals surface area contributed by atoms with E-state index in [2.05, 4.69) is 10.4 Å². The van der Waals surface area contributed by atoms with Gasteiger partial charge in [0.25, 0.3) is 5.56 Å². The number of amides is 1. The highest BCUT2D eigenvalue weighted by molar-refractivity contribution is 5.89. The van der Waals surface area contributed by atoms with E-state index in [1.807, 2.05) is 6.07 Å². The standard InChI is InChI=1S/C23H23N3O5/c1-14(27)24-15-9-11-19-17(13-15)21(23(29,30)22(2,3)31-19)18-10-12-20(28)26(25-18)16-7-5-4-6-8-16/h4-13,21,29-30H,1-3H3,(H,24,27). The first kappa shape index (κ1) is 20.8. The molecule has 3 aromatic rings. The van der Waals surface area contributed by atoms with Crippen molar-refractivity contribution in [1.29, 1.82) is 0 Å². The van der Waals surface area contributed by atoms with Crippen LogP contribution in [0.1, 0.15) is 37.9 Å². The Hall–Kier alpha value is -3.49. The molecule has 31 heavy (non-hydrogen) atoms. The van der Waals surface area contributed by atoms with E-state index < -0.39 is 17.3 Å². The number of ether oxygens (including phenoxy) is 1. The van der Waals surface area contributed by atoms with Crippen molar-refractivity contribution in [3.63, 3.8) is 0 Å². The number of nitrogens with one attached hydrogen (secondary N) is 1. The Morgan fingerprint density at radius 3 is 2.48 bits per heavy atom. The summed E-state index contributed by atoms with van der Waals surface area (Å²) in [4.78, 5) is 24.0. The number of carbonyl (C=O) groups excluding carboxylic acids is 1. The van der Waals surface area contributed by atoms with Crippen LogP contribution >= 0.6 is 0 Å². The molecule has 8 nitrogen and oxygen atoms in total. The number of rotatable bonds is 3. The topological polar surface area (TPSA) is 114 Å². The first-order valence-electron chi connectivity index (χ1n) is 9.81. The second-order valence-corrected chi connectivity index (χ2v) is 8.05. The molecule has 1 unspecified atom stereocenters. The van der Waals surface area contributed by atoms with Crippen LogP contribution in [0.5, 0.6) is 5.75 Å². The van der Waals surface area contributed by atoms with Gasteiger partial charge in [-0.2, -0.15) is 9.78 Å². The van der Waals surface area contributed by atoms with E-state index >= 15 is 0 Å². The Morgan fingerprint density at radius 2 is 1.81 bits per heavy atom. The molecule has 0 radical (unpaired) electrons. The molecule has 0 bridgehead atoms. The van der Waals surface area contributed by atoms with Crippen molar-refractivity contribution in [3.05, 3.63) is 82.3 Å². The zero-order chi connectivity index (χ0) is 22.4. The van der Waals surface area contributed by atoms with E-state index in [-0.39, 0.29) is 17.2 Å². The number of aromatic nitrogens is 2. The molecule has 8 heteroatoms. The number of carbonyl (C=O) groups is 1. The minimum absolute atomic E-state index is 0.261. The largest absolute Gasteiger partial charge is 0.482 e. The lowest BCUT2D eigenvalue weighted by molar-refractivity contribution is -0.269. The average molecular weight is 421 g/mol. The summed E-state index contributed by atoms with van der Waals surface area (Å²) in [7, 11) is 0. The summed E-state index contributed by atoms with van der Waals surface area (Å²) >= 11 is 0. The Labute approximate surface area is 178 Å². The molecule has 1 aromatic heterocycles. The minimum Gasteiger partial charge on any atom is -0.482 e. The van der Waals surface area contributed by atoms with Gasteiger partial charge in [0.1, 0.15) is 5.75 Å². The van der Waals surface area contributed by atoms with Crippen LogP contribution in [0.3, 0.4) is 0 Å². The molecule has 1 aliphatic rings. The number of anilines is 1. The van der Waals surface area contributed by atoms with Crippen molar-refractivity contribution in [3.8, 4) is 11.4 Å². The van der Waals surface area contributed by atoms with Crippen molar-refractivity contribution in [1.82, 2.24) is 9.78 Å². The molecule has 1 aliphatic heterocycles. The average Bonchev–Trinajstić information content (AvgIpc) is 2.70. The molecule has 1 atom stereocenters. The van der Waals surface area contributed by atoms with Crippen LogP contribution in [0.15, 0.2) is 65.5 Å². The van der Waals surface area contributed by atoms with Crippen LogP contribution in [0.25, 0.3) is 5.69 Å². The number of hydrogen-bond donors (Lipinski definition) is 3. The van der Waals surface area contributed by atoms with Crippen molar-refractivity contribution in [2.75, 3.05) is 5.32 Å². The highest BCUT2D eigenvalue weighted by atomic mass is 16.6. The predicted octanol–water partition coefficient (Wildman–Crippen LogP) is 2.17. The van der Waals surface area contributed by atoms with Crippen LogP contribution in [0, 0.1) is 0 Å². The lowest BCUT2D eigenvalue weighted by Crippen LogP contribution is -2.60. The maximum Gasteiger partial charge on any atom is 0.271 e. The number of hydrogen-bond acceptors (Lipinski definition) is 6. The summed E-state index contributed by atoms with van der Waals surface area (Å²) in [6.45, 7) is 4.52. The van der Waals surface area contributed by atoms with Gasteiger partial charge in [0.15, 0.2) is 5.60 Å². The Balaban J connectivity index is 1.93. The zero-order valence-corrected chi connectivity index (χ0v) is 17.4. The Bertz CT molecular complexity index is 1200. The monoisotopic (exact) mass is 421 g/mol. The maximum absolute atomic E-state index is 12.5. The van der Waals surface area contributed by atoms with E-state index in [0.29, 0.717) is 22.7 Å². The van der Waals surface area contributed by atoms with Crippen LogP contribution in [0.2, 0.25) is 0 Å². The molecule has 4 rings (SSSR count). The number of benzene rings is 2. The van der Waals surface area contributed by atoms with Gasteiger partial charge in [0.05, 0.1) is 17.3 Å². The zero-order valence-electron chi connectivity index (χ0n) is 17.4. The van der Waals surface area contributed by atoms with E-state index in [9.17, 15) is 19.8 Å². The van der Waals surface area contributed by atoms with E-state index in [0.717, 1.165) is 0 Å². The molecule has 1 amide bonds. The molecule has 3 N–H and O–H groups in total. The quantitative estimate of drug-likeness (QED) is 0.559. The summed E-state index contributed by atoms with van der Waals surface area (Å²) in [5.74, 6) is -3.23. The highest BCUT2D eigenvalue weighted by Gasteiger charge is 2.56. The summed E-state index contributed by atoms with van der Waals surface area (Å²) in [6.07, 6.45) is 0. The van der Waals surface area contributed by atoms with Crippen molar-refractivity contribution >= 4 is 11.6 Å². The normalized spacial score (nSPS) is 18.5. The number of para-hydroxylation sites is 1.